The molecule has 1 aliphatic rings. The summed E-state index contributed by atoms with van der Waals surface area (Å²) in [6, 6.07) is 14.3. The predicted octanol–water partition coefficient (Wildman–Crippen LogP) is 11.2. The van der Waals surface area contributed by atoms with E-state index in [1.54, 1.807) is 19.9 Å². The Balaban J connectivity index is 1.47. The summed E-state index contributed by atoms with van der Waals surface area (Å²) in [5, 5.41) is 0.720. The molecule has 0 saturated carbocycles. The maximum Gasteiger partial charge on any atom is 0.325 e. The number of esters is 2. The summed E-state index contributed by atoms with van der Waals surface area (Å²) in [6.07, 6.45) is 20.7. The van der Waals surface area contributed by atoms with Crippen LogP contribution >= 0.6 is 0 Å². The number of unbranched alkanes of at least 4 members (excludes halogenated alkanes) is 15. The van der Waals surface area contributed by atoms with Crippen LogP contribution in [0.15, 0.2) is 52.9 Å². The van der Waals surface area contributed by atoms with E-state index in [-0.39, 0.29) is 19.6 Å². The van der Waals surface area contributed by atoms with Crippen molar-refractivity contribution < 1.29 is 27.9 Å². The lowest BCUT2D eigenvalue weighted by molar-refractivity contribution is -0.176. The molecule has 1 aliphatic carbocycles. The van der Waals surface area contributed by atoms with Gasteiger partial charge in [0.2, 0.25) is 0 Å². The molecular formula is C41H57FO5. The normalized spacial score (nSPS) is 16.8. The van der Waals surface area contributed by atoms with Gasteiger partial charge in [0.25, 0.3) is 0 Å². The summed E-state index contributed by atoms with van der Waals surface area (Å²) >= 11 is 0. The van der Waals surface area contributed by atoms with Gasteiger partial charge in [-0.05, 0) is 38.0 Å². The molecule has 0 bridgehead atoms. The van der Waals surface area contributed by atoms with Crippen LogP contribution in [-0.4, -0.2) is 25.2 Å². The van der Waals surface area contributed by atoms with Crippen molar-refractivity contribution in [3.63, 3.8) is 0 Å². The van der Waals surface area contributed by atoms with E-state index in [0.29, 0.717) is 17.8 Å². The molecular weight excluding hydrogens is 591 g/mol. The summed E-state index contributed by atoms with van der Waals surface area (Å²) in [6.45, 7) is 6.04. The van der Waals surface area contributed by atoms with E-state index in [1.807, 2.05) is 30.3 Å². The Morgan fingerprint density at radius 3 is 1.72 bits per heavy atom. The fourth-order valence-electron chi connectivity index (χ4n) is 7.94. The molecule has 0 amide bonds. The second kappa shape index (κ2) is 18.4. The average Bonchev–Trinajstić information content (AvgIpc) is 3.57. The maximum atomic E-state index is 14.3. The Bertz CT molecular complexity index is 1380. The molecule has 0 radical (unpaired) electrons. The number of halogens is 1. The van der Waals surface area contributed by atoms with Crippen LogP contribution in [0.5, 0.6) is 0 Å². The monoisotopic (exact) mass is 648 g/mol. The molecule has 3 aromatic rings. The van der Waals surface area contributed by atoms with Crippen LogP contribution in [0.25, 0.3) is 11.0 Å². The highest BCUT2D eigenvalue weighted by atomic mass is 19.1. The van der Waals surface area contributed by atoms with Crippen molar-refractivity contribution in [2.75, 3.05) is 13.2 Å². The van der Waals surface area contributed by atoms with Crippen LogP contribution in [0, 0.1) is 11.2 Å². The third-order valence-corrected chi connectivity index (χ3v) is 10.2. The Labute approximate surface area is 282 Å². The molecule has 258 valence electrons. The van der Waals surface area contributed by atoms with Crippen molar-refractivity contribution in [2.45, 2.75) is 142 Å². The van der Waals surface area contributed by atoms with Gasteiger partial charge in [0.15, 0.2) is 5.41 Å². The van der Waals surface area contributed by atoms with E-state index in [9.17, 15) is 14.0 Å². The van der Waals surface area contributed by atoms with E-state index in [4.69, 9.17) is 13.9 Å². The fourth-order valence-corrected chi connectivity index (χ4v) is 7.94. The number of fused-ring (bicyclic) bond motifs is 3. The second-order valence-corrected chi connectivity index (χ2v) is 13.4. The molecule has 0 fully saturated rings. The van der Waals surface area contributed by atoms with Crippen molar-refractivity contribution in [3.8, 4) is 0 Å². The van der Waals surface area contributed by atoms with E-state index < -0.39 is 28.6 Å². The Hall–Kier alpha value is -3.15. The predicted molar refractivity (Wildman–Crippen MR) is 187 cm³/mol. The molecule has 1 heterocycles. The molecule has 1 unspecified atom stereocenters. The van der Waals surface area contributed by atoms with Crippen LogP contribution in [0.2, 0.25) is 0 Å². The van der Waals surface area contributed by atoms with Crippen LogP contribution in [0.1, 0.15) is 147 Å². The topological polar surface area (TPSA) is 65.7 Å². The molecule has 0 spiro atoms. The minimum Gasteiger partial charge on any atom is -0.465 e. The Morgan fingerprint density at radius 2 is 1.21 bits per heavy atom. The highest BCUT2D eigenvalue weighted by molar-refractivity contribution is 6.06. The van der Waals surface area contributed by atoms with Crippen molar-refractivity contribution in [2.24, 2.45) is 5.41 Å². The molecule has 0 aliphatic heterocycles. The highest BCUT2D eigenvalue weighted by Crippen LogP contribution is 2.62. The second-order valence-electron chi connectivity index (χ2n) is 13.4. The number of ether oxygens (including phenoxy) is 2. The third-order valence-electron chi connectivity index (χ3n) is 10.2. The summed E-state index contributed by atoms with van der Waals surface area (Å²) in [7, 11) is 0. The van der Waals surface area contributed by atoms with Gasteiger partial charge in [-0.3, -0.25) is 9.59 Å². The van der Waals surface area contributed by atoms with Gasteiger partial charge >= 0.3 is 11.9 Å². The van der Waals surface area contributed by atoms with Crippen LogP contribution in [0.4, 0.5) is 4.39 Å². The van der Waals surface area contributed by atoms with Crippen LogP contribution < -0.4 is 0 Å². The lowest BCUT2D eigenvalue weighted by atomic mass is 9.57. The number of hydrogen-bond donors (Lipinski definition) is 0. The molecule has 0 N–H and O–H groups in total. The SMILES string of the molecule is CCCCCCCCCCCCCCCCCCC1(c2ccccc2)c2c(oc3cc(F)ccc23)CC1(C(=O)OCC)C(=O)OCC. The first kappa shape index (κ1) is 36.7. The zero-order valence-electron chi connectivity index (χ0n) is 29.2. The van der Waals surface area contributed by atoms with E-state index in [0.717, 1.165) is 35.8 Å². The summed E-state index contributed by atoms with van der Waals surface area (Å²) in [5.74, 6) is -1.07. The van der Waals surface area contributed by atoms with Gasteiger partial charge in [0.1, 0.15) is 17.2 Å². The van der Waals surface area contributed by atoms with E-state index in [1.165, 1.54) is 95.6 Å². The first-order valence-corrected chi connectivity index (χ1v) is 18.6. The molecule has 2 aromatic carbocycles. The molecule has 6 heteroatoms. The first-order valence-electron chi connectivity index (χ1n) is 18.6. The van der Waals surface area contributed by atoms with E-state index in [2.05, 4.69) is 6.92 Å². The largest absolute Gasteiger partial charge is 0.465 e. The van der Waals surface area contributed by atoms with Gasteiger partial charge < -0.3 is 13.9 Å². The fraction of sp³-hybridized carbons (Fsp3) is 0.610. The van der Waals surface area contributed by atoms with Gasteiger partial charge in [-0.25, -0.2) is 4.39 Å². The van der Waals surface area contributed by atoms with Crippen molar-refractivity contribution >= 4 is 22.9 Å². The zero-order chi connectivity index (χ0) is 33.5. The average molecular weight is 649 g/mol. The van der Waals surface area contributed by atoms with Gasteiger partial charge in [-0.1, -0.05) is 140 Å². The molecule has 47 heavy (non-hydrogen) atoms. The Kier molecular flexibility index (Phi) is 14.4. The summed E-state index contributed by atoms with van der Waals surface area (Å²) in [4.78, 5) is 28.4. The summed E-state index contributed by atoms with van der Waals surface area (Å²) in [5.41, 5.74) is -0.717. The number of carbonyl (C=O) groups is 2. The Morgan fingerprint density at radius 1 is 0.702 bits per heavy atom. The van der Waals surface area contributed by atoms with Crippen molar-refractivity contribution in [1.29, 1.82) is 0 Å². The first-order chi connectivity index (χ1) is 23.0. The number of furan rings is 1. The molecule has 1 aromatic heterocycles. The molecule has 4 rings (SSSR count). The highest BCUT2D eigenvalue weighted by Gasteiger charge is 2.70. The smallest absolute Gasteiger partial charge is 0.325 e. The minimum atomic E-state index is -1.66. The summed E-state index contributed by atoms with van der Waals surface area (Å²) < 4.78 is 32.0. The standard InChI is InChI=1S/C41H57FO5/c1-4-7-8-9-10-11-12-13-14-15-16-17-18-19-20-24-29-40(32-25-22-21-23-26-32)37-34-28-27-33(42)30-35(34)47-36(37)31-41(40,38(43)45-5-2)39(44)46-6-3/h21-23,25-28,30H,4-20,24,29,31H2,1-3H3. The zero-order valence-corrected chi connectivity index (χ0v) is 29.2. The van der Waals surface area contributed by atoms with Crippen LogP contribution in [0.3, 0.4) is 0 Å². The minimum absolute atomic E-state index is 0.00402. The van der Waals surface area contributed by atoms with Gasteiger partial charge in [0, 0.05) is 23.4 Å². The van der Waals surface area contributed by atoms with Gasteiger partial charge in [0.05, 0.1) is 18.6 Å². The van der Waals surface area contributed by atoms with Gasteiger partial charge in [-0.2, -0.15) is 0 Å². The molecule has 1 atom stereocenters. The third kappa shape index (κ3) is 8.29. The van der Waals surface area contributed by atoms with Crippen molar-refractivity contribution in [1.82, 2.24) is 0 Å². The van der Waals surface area contributed by atoms with Crippen molar-refractivity contribution in [3.05, 3.63) is 71.2 Å². The molecule has 5 nitrogen and oxygen atoms in total. The molecule has 0 saturated heterocycles. The quantitative estimate of drug-likeness (QED) is 0.0616. The number of rotatable bonds is 22. The number of carbonyl (C=O) groups excluding carboxylic acids is 2. The van der Waals surface area contributed by atoms with Crippen LogP contribution in [-0.2, 0) is 30.9 Å². The number of benzene rings is 2. The maximum absolute atomic E-state index is 14.3. The lowest BCUT2D eigenvalue weighted by Gasteiger charge is -2.43. The lowest BCUT2D eigenvalue weighted by Crippen LogP contribution is -2.56. The van der Waals surface area contributed by atoms with Gasteiger partial charge in [-0.15, -0.1) is 0 Å². The number of hydrogen-bond acceptors (Lipinski definition) is 5. The van der Waals surface area contributed by atoms with E-state index >= 15 is 0 Å².